The Hall–Kier alpha value is -3.02. The molecule has 0 radical (unpaired) electrons. The highest BCUT2D eigenvalue weighted by molar-refractivity contribution is 5.93. The van der Waals surface area contributed by atoms with Crippen LogP contribution in [0.1, 0.15) is 21.5 Å². The summed E-state index contributed by atoms with van der Waals surface area (Å²) >= 11 is 0. The fourth-order valence-corrected chi connectivity index (χ4v) is 2.51. The lowest BCUT2D eigenvalue weighted by Crippen LogP contribution is -2.21. The fourth-order valence-electron chi connectivity index (χ4n) is 2.51. The number of rotatable bonds is 7. The molecule has 6 nitrogen and oxygen atoms in total. The number of ether oxygens (including phenoxy) is 3. The molecule has 0 unspecified atom stereocenters. The average Bonchev–Trinajstić information content (AvgIpc) is 2.61. The maximum absolute atomic E-state index is 12.2. The summed E-state index contributed by atoms with van der Waals surface area (Å²) in [7, 11) is 3.07. The predicted octanol–water partition coefficient (Wildman–Crippen LogP) is 3.15. The van der Waals surface area contributed by atoms with Crippen molar-refractivity contribution < 1.29 is 23.8 Å². The molecule has 0 aromatic heterocycles. The van der Waals surface area contributed by atoms with Crippen LogP contribution in [-0.4, -0.2) is 33.0 Å². The second-order valence-corrected chi connectivity index (χ2v) is 5.50. The molecule has 0 aliphatic heterocycles. The van der Waals surface area contributed by atoms with Crippen LogP contribution >= 0.6 is 0 Å². The minimum atomic E-state index is -0.318. The van der Waals surface area contributed by atoms with Crippen molar-refractivity contribution in [2.75, 3.05) is 26.1 Å². The van der Waals surface area contributed by atoms with E-state index in [0.29, 0.717) is 28.5 Å². The van der Waals surface area contributed by atoms with E-state index in [2.05, 4.69) is 5.32 Å². The van der Waals surface area contributed by atoms with Gasteiger partial charge in [0.25, 0.3) is 5.91 Å². The molecule has 2 rings (SSSR count). The van der Waals surface area contributed by atoms with E-state index in [1.807, 2.05) is 13.8 Å². The molecule has 2 aromatic rings. The van der Waals surface area contributed by atoms with Gasteiger partial charge < -0.3 is 19.5 Å². The normalized spacial score (nSPS) is 10.1. The molecular weight excluding hydrogens is 322 g/mol. The van der Waals surface area contributed by atoms with Gasteiger partial charge in [0.1, 0.15) is 23.5 Å². The highest BCUT2D eigenvalue weighted by Crippen LogP contribution is 2.29. The van der Waals surface area contributed by atoms with Crippen molar-refractivity contribution in [1.29, 1.82) is 0 Å². The molecule has 0 bridgehead atoms. The Kier molecular flexibility index (Phi) is 6.00. The third kappa shape index (κ3) is 4.50. The Morgan fingerprint density at radius 3 is 2.32 bits per heavy atom. The van der Waals surface area contributed by atoms with E-state index in [9.17, 15) is 9.59 Å². The summed E-state index contributed by atoms with van der Waals surface area (Å²) in [6, 6.07) is 8.55. The molecule has 0 spiro atoms. The number of hydrogen-bond donors (Lipinski definition) is 1. The molecule has 0 heterocycles. The number of methoxy groups -OCH3 is 2. The van der Waals surface area contributed by atoms with Crippen LogP contribution in [0.5, 0.6) is 17.2 Å². The molecule has 0 aliphatic carbocycles. The monoisotopic (exact) mass is 343 g/mol. The number of aldehydes is 1. The van der Waals surface area contributed by atoms with Crippen LogP contribution in [0.25, 0.3) is 0 Å². The van der Waals surface area contributed by atoms with Gasteiger partial charge in [0.05, 0.1) is 19.9 Å². The van der Waals surface area contributed by atoms with Crippen molar-refractivity contribution in [2.24, 2.45) is 0 Å². The standard InChI is InChI=1S/C19H21NO5/c1-12-7-14(10-21)8-13(2)19(12)25-11-18(22)20-16-6-5-15(23-3)9-17(16)24-4/h5-10H,11H2,1-4H3,(H,20,22). The first kappa shape index (κ1) is 18.3. The SMILES string of the molecule is COc1ccc(NC(=O)COc2c(C)cc(C=O)cc2C)c(OC)c1. The summed E-state index contributed by atoms with van der Waals surface area (Å²) in [6.45, 7) is 3.51. The third-order valence-corrected chi connectivity index (χ3v) is 3.65. The summed E-state index contributed by atoms with van der Waals surface area (Å²) in [4.78, 5) is 23.0. The predicted molar refractivity (Wildman–Crippen MR) is 95.0 cm³/mol. The summed E-state index contributed by atoms with van der Waals surface area (Å²) in [6.07, 6.45) is 0.784. The molecule has 0 saturated carbocycles. The van der Waals surface area contributed by atoms with E-state index in [0.717, 1.165) is 17.4 Å². The zero-order valence-corrected chi connectivity index (χ0v) is 14.7. The molecule has 6 heteroatoms. The molecule has 25 heavy (non-hydrogen) atoms. The van der Waals surface area contributed by atoms with Gasteiger partial charge in [-0.05, 0) is 49.2 Å². The summed E-state index contributed by atoms with van der Waals surface area (Å²) < 4.78 is 16.0. The van der Waals surface area contributed by atoms with Gasteiger partial charge in [-0.25, -0.2) is 0 Å². The topological polar surface area (TPSA) is 73.9 Å². The lowest BCUT2D eigenvalue weighted by Gasteiger charge is -2.14. The van der Waals surface area contributed by atoms with Crippen LogP contribution in [-0.2, 0) is 4.79 Å². The van der Waals surface area contributed by atoms with Crippen molar-refractivity contribution in [2.45, 2.75) is 13.8 Å². The lowest BCUT2D eigenvalue weighted by atomic mass is 10.1. The second kappa shape index (κ2) is 8.19. The number of amides is 1. The number of hydrogen-bond acceptors (Lipinski definition) is 5. The van der Waals surface area contributed by atoms with Crippen LogP contribution < -0.4 is 19.5 Å². The average molecular weight is 343 g/mol. The van der Waals surface area contributed by atoms with Crippen LogP contribution in [0.15, 0.2) is 30.3 Å². The van der Waals surface area contributed by atoms with Crippen molar-refractivity contribution in [3.63, 3.8) is 0 Å². The largest absolute Gasteiger partial charge is 0.497 e. The number of carbonyl (C=O) groups excluding carboxylic acids is 2. The lowest BCUT2D eigenvalue weighted by molar-refractivity contribution is -0.118. The first-order valence-electron chi connectivity index (χ1n) is 7.69. The molecular formula is C19H21NO5. The Morgan fingerprint density at radius 1 is 1.08 bits per heavy atom. The maximum Gasteiger partial charge on any atom is 0.262 e. The van der Waals surface area contributed by atoms with Crippen LogP contribution in [0.2, 0.25) is 0 Å². The van der Waals surface area contributed by atoms with Gasteiger partial charge >= 0.3 is 0 Å². The summed E-state index contributed by atoms with van der Waals surface area (Å²) in [5, 5.41) is 2.74. The van der Waals surface area contributed by atoms with Gasteiger partial charge in [-0.1, -0.05) is 0 Å². The van der Waals surface area contributed by atoms with E-state index >= 15 is 0 Å². The Balaban J connectivity index is 2.06. The van der Waals surface area contributed by atoms with E-state index < -0.39 is 0 Å². The Labute approximate surface area is 146 Å². The molecule has 0 aliphatic rings. The van der Waals surface area contributed by atoms with Crippen molar-refractivity contribution in [1.82, 2.24) is 0 Å². The smallest absolute Gasteiger partial charge is 0.262 e. The zero-order chi connectivity index (χ0) is 18.4. The highest BCUT2D eigenvalue weighted by Gasteiger charge is 2.12. The fraction of sp³-hybridized carbons (Fsp3) is 0.263. The minimum absolute atomic E-state index is 0.155. The van der Waals surface area contributed by atoms with Gasteiger partial charge in [0, 0.05) is 11.6 Å². The van der Waals surface area contributed by atoms with Crippen molar-refractivity contribution in [3.8, 4) is 17.2 Å². The number of anilines is 1. The van der Waals surface area contributed by atoms with E-state index in [-0.39, 0.29) is 12.5 Å². The number of carbonyl (C=O) groups is 2. The van der Waals surface area contributed by atoms with Gasteiger partial charge in [0.2, 0.25) is 0 Å². The molecule has 0 fully saturated rings. The Bertz CT molecular complexity index is 762. The molecule has 0 saturated heterocycles. The van der Waals surface area contributed by atoms with Gasteiger partial charge in [-0.15, -0.1) is 0 Å². The van der Waals surface area contributed by atoms with Crippen molar-refractivity contribution in [3.05, 3.63) is 47.0 Å². The summed E-state index contributed by atoms with van der Waals surface area (Å²) in [5.74, 6) is 1.41. The highest BCUT2D eigenvalue weighted by atomic mass is 16.5. The Morgan fingerprint density at radius 2 is 1.76 bits per heavy atom. The quantitative estimate of drug-likeness (QED) is 0.782. The number of nitrogens with one attached hydrogen (secondary N) is 1. The third-order valence-electron chi connectivity index (χ3n) is 3.65. The van der Waals surface area contributed by atoms with E-state index in [1.165, 1.54) is 7.11 Å². The van der Waals surface area contributed by atoms with E-state index in [1.54, 1.807) is 37.4 Å². The first-order chi connectivity index (χ1) is 12.0. The molecule has 0 atom stereocenters. The van der Waals surface area contributed by atoms with Crippen molar-refractivity contribution >= 4 is 17.9 Å². The van der Waals surface area contributed by atoms with Gasteiger partial charge in [-0.2, -0.15) is 0 Å². The van der Waals surface area contributed by atoms with Crippen LogP contribution in [0.3, 0.4) is 0 Å². The number of benzene rings is 2. The maximum atomic E-state index is 12.2. The second-order valence-electron chi connectivity index (χ2n) is 5.50. The van der Waals surface area contributed by atoms with Crippen LogP contribution in [0, 0.1) is 13.8 Å². The van der Waals surface area contributed by atoms with Gasteiger partial charge in [-0.3, -0.25) is 9.59 Å². The summed E-state index contributed by atoms with van der Waals surface area (Å²) in [5.41, 5.74) is 2.71. The zero-order valence-electron chi connectivity index (χ0n) is 14.7. The van der Waals surface area contributed by atoms with Crippen LogP contribution in [0.4, 0.5) is 5.69 Å². The molecule has 2 aromatic carbocycles. The van der Waals surface area contributed by atoms with E-state index in [4.69, 9.17) is 14.2 Å². The molecule has 1 N–H and O–H groups in total. The molecule has 1 amide bonds. The minimum Gasteiger partial charge on any atom is -0.497 e. The van der Waals surface area contributed by atoms with Gasteiger partial charge in [0.15, 0.2) is 6.61 Å². The first-order valence-corrected chi connectivity index (χ1v) is 7.69. The molecule has 132 valence electrons. The number of aryl methyl sites for hydroxylation is 2.